The number of ether oxygens (including phenoxy) is 2. The van der Waals surface area contributed by atoms with Crippen LogP contribution in [0.1, 0.15) is 32.4 Å². The maximum Gasteiger partial charge on any atom is 0.192 e. The first-order valence-corrected chi connectivity index (χ1v) is 11.3. The summed E-state index contributed by atoms with van der Waals surface area (Å²) in [6.07, 6.45) is 2.54. The van der Waals surface area contributed by atoms with Crippen molar-refractivity contribution >= 4 is 8.32 Å². The van der Waals surface area contributed by atoms with Crippen LogP contribution in [0.3, 0.4) is 0 Å². The third-order valence-corrected chi connectivity index (χ3v) is 9.55. The monoisotopic (exact) mass is 350 g/mol. The van der Waals surface area contributed by atoms with Crippen LogP contribution in [0, 0.1) is 0 Å². The molecule has 0 aromatic heterocycles. The van der Waals surface area contributed by atoms with Gasteiger partial charge >= 0.3 is 0 Å². The van der Waals surface area contributed by atoms with Crippen molar-refractivity contribution in [2.75, 3.05) is 13.7 Å². The van der Waals surface area contributed by atoms with Gasteiger partial charge < -0.3 is 19.0 Å². The van der Waals surface area contributed by atoms with Crippen LogP contribution in [-0.2, 0) is 9.16 Å². The van der Waals surface area contributed by atoms with Crippen LogP contribution in [0.2, 0.25) is 18.1 Å². The quantitative estimate of drug-likeness (QED) is 0.642. The average molecular weight is 351 g/mol. The molecule has 0 radical (unpaired) electrons. The van der Waals surface area contributed by atoms with Crippen LogP contribution in [-0.4, -0.2) is 39.3 Å². The number of benzene rings is 1. The van der Waals surface area contributed by atoms with Crippen molar-refractivity contribution in [2.24, 2.45) is 0 Å². The Kier molecular flexibility index (Phi) is 5.91. The highest BCUT2D eigenvalue weighted by molar-refractivity contribution is 6.74. The van der Waals surface area contributed by atoms with Crippen LogP contribution in [0.25, 0.3) is 0 Å². The van der Waals surface area contributed by atoms with Gasteiger partial charge in [-0.05, 0) is 35.8 Å². The Hall–Kier alpha value is -1.14. The molecule has 0 bridgehead atoms. The van der Waals surface area contributed by atoms with Crippen molar-refractivity contribution in [3.63, 3.8) is 0 Å². The molecule has 2 rings (SSSR count). The lowest BCUT2D eigenvalue weighted by Crippen LogP contribution is -2.45. The number of rotatable bonds is 5. The van der Waals surface area contributed by atoms with E-state index in [1.807, 2.05) is 30.3 Å². The minimum Gasteiger partial charge on any atom is -0.497 e. The molecule has 0 spiro atoms. The third-order valence-electron chi connectivity index (χ3n) is 5.04. The highest BCUT2D eigenvalue weighted by Gasteiger charge is 2.38. The SMILES string of the molecule is COc1ccc([C@@H]2C=C[C@H](O)[C@@H](CO[Si](C)(C)C(C)(C)C)O2)cc1. The highest BCUT2D eigenvalue weighted by Crippen LogP contribution is 2.37. The van der Waals surface area contributed by atoms with E-state index in [4.69, 9.17) is 13.9 Å². The van der Waals surface area contributed by atoms with Crippen molar-refractivity contribution in [1.29, 1.82) is 0 Å². The van der Waals surface area contributed by atoms with E-state index >= 15 is 0 Å². The van der Waals surface area contributed by atoms with Crippen LogP contribution >= 0.6 is 0 Å². The average Bonchev–Trinajstić information content (AvgIpc) is 2.53. The van der Waals surface area contributed by atoms with Gasteiger partial charge in [-0.1, -0.05) is 45.1 Å². The van der Waals surface area contributed by atoms with Gasteiger partial charge in [0, 0.05) is 0 Å². The fourth-order valence-electron chi connectivity index (χ4n) is 2.28. The molecule has 3 atom stereocenters. The van der Waals surface area contributed by atoms with E-state index < -0.39 is 14.4 Å². The zero-order valence-corrected chi connectivity index (χ0v) is 16.6. The first-order chi connectivity index (χ1) is 11.1. The summed E-state index contributed by atoms with van der Waals surface area (Å²) in [5.41, 5.74) is 1.04. The van der Waals surface area contributed by atoms with Gasteiger partial charge in [0.25, 0.3) is 0 Å². The zero-order chi connectivity index (χ0) is 18.0. The summed E-state index contributed by atoms with van der Waals surface area (Å²) in [4.78, 5) is 0. The smallest absolute Gasteiger partial charge is 0.192 e. The molecule has 1 aliphatic rings. The highest BCUT2D eigenvalue weighted by atomic mass is 28.4. The Morgan fingerprint density at radius 1 is 1.12 bits per heavy atom. The minimum atomic E-state index is -1.86. The lowest BCUT2D eigenvalue weighted by molar-refractivity contribution is -0.0780. The summed E-state index contributed by atoms with van der Waals surface area (Å²) in [5.74, 6) is 0.816. The zero-order valence-electron chi connectivity index (χ0n) is 15.6. The summed E-state index contributed by atoms with van der Waals surface area (Å²) < 4.78 is 17.5. The first-order valence-electron chi connectivity index (χ1n) is 8.44. The standard InChI is InChI=1S/C19H30O4Si/c1-19(2,3)24(5,6)22-13-18-16(20)11-12-17(23-18)14-7-9-15(21-4)10-8-14/h7-12,16-18,20H,13H2,1-6H3/t16-,17-,18+/m0/s1. The van der Waals surface area contributed by atoms with E-state index in [1.54, 1.807) is 13.2 Å². The van der Waals surface area contributed by atoms with Crippen molar-refractivity contribution in [3.8, 4) is 5.75 Å². The molecule has 1 aromatic carbocycles. The molecule has 1 aromatic rings. The van der Waals surface area contributed by atoms with E-state index in [1.165, 1.54) is 0 Å². The lowest BCUT2D eigenvalue weighted by atomic mass is 10.0. The predicted octanol–water partition coefficient (Wildman–Crippen LogP) is 4.07. The largest absolute Gasteiger partial charge is 0.497 e. The Bertz CT molecular complexity index is 560. The molecule has 24 heavy (non-hydrogen) atoms. The fourth-order valence-corrected chi connectivity index (χ4v) is 3.29. The van der Waals surface area contributed by atoms with E-state index in [0.29, 0.717) is 6.61 Å². The molecule has 0 amide bonds. The molecule has 1 heterocycles. The molecule has 0 unspecified atom stereocenters. The molecular weight excluding hydrogens is 320 g/mol. The third kappa shape index (κ3) is 4.48. The van der Waals surface area contributed by atoms with Crippen LogP contribution in [0.4, 0.5) is 0 Å². The van der Waals surface area contributed by atoms with Gasteiger partial charge in [-0.25, -0.2) is 0 Å². The summed E-state index contributed by atoms with van der Waals surface area (Å²) in [5, 5.41) is 10.4. The number of aliphatic hydroxyl groups excluding tert-OH is 1. The van der Waals surface area contributed by atoms with Crippen LogP contribution in [0.5, 0.6) is 5.75 Å². The number of hydrogen-bond acceptors (Lipinski definition) is 4. The Balaban J connectivity index is 2.03. The van der Waals surface area contributed by atoms with Gasteiger partial charge in [0.05, 0.1) is 13.7 Å². The summed E-state index contributed by atoms with van der Waals surface area (Å²) >= 11 is 0. The Morgan fingerprint density at radius 2 is 1.75 bits per heavy atom. The van der Waals surface area contributed by atoms with Crippen molar-refractivity contribution in [2.45, 2.75) is 57.2 Å². The summed E-state index contributed by atoms with van der Waals surface area (Å²) in [6, 6.07) is 7.80. The summed E-state index contributed by atoms with van der Waals surface area (Å²) in [6.45, 7) is 11.4. The molecule has 1 N–H and O–H groups in total. The van der Waals surface area contributed by atoms with E-state index in [2.05, 4.69) is 33.9 Å². The van der Waals surface area contributed by atoms with Crippen LogP contribution in [0.15, 0.2) is 36.4 Å². The molecule has 134 valence electrons. The number of hydrogen-bond donors (Lipinski definition) is 1. The van der Waals surface area contributed by atoms with Crippen molar-refractivity contribution in [3.05, 3.63) is 42.0 Å². The lowest BCUT2D eigenvalue weighted by Gasteiger charge is -2.38. The second kappa shape index (κ2) is 7.40. The van der Waals surface area contributed by atoms with Gasteiger partial charge in [-0.15, -0.1) is 0 Å². The molecule has 4 nitrogen and oxygen atoms in total. The van der Waals surface area contributed by atoms with Gasteiger partial charge in [-0.3, -0.25) is 0 Å². The molecule has 1 aliphatic heterocycles. The predicted molar refractivity (Wildman–Crippen MR) is 98.9 cm³/mol. The van der Waals surface area contributed by atoms with E-state index in [0.717, 1.165) is 11.3 Å². The van der Waals surface area contributed by atoms with Crippen molar-refractivity contribution < 1.29 is 19.0 Å². The molecule has 0 fully saturated rings. The number of methoxy groups -OCH3 is 1. The number of aliphatic hydroxyl groups is 1. The molecule has 0 saturated heterocycles. The minimum absolute atomic E-state index is 0.137. The van der Waals surface area contributed by atoms with E-state index in [9.17, 15) is 5.11 Å². The van der Waals surface area contributed by atoms with Crippen LogP contribution < -0.4 is 4.74 Å². The Morgan fingerprint density at radius 3 is 2.29 bits per heavy atom. The van der Waals surface area contributed by atoms with Gasteiger partial charge in [0.1, 0.15) is 24.1 Å². The van der Waals surface area contributed by atoms with Gasteiger partial charge in [0.2, 0.25) is 0 Å². The molecule has 0 saturated carbocycles. The maximum absolute atomic E-state index is 10.2. The van der Waals surface area contributed by atoms with Gasteiger partial charge in [-0.2, -0.15) is 0 Å². The van der Waals surface area contributed by atoms with E-state index in [-0.39, 0.29) is 17.2 Å². The Labute approximate surface area is 146 Å². The maximum atomic E-state index is 10.2. The second-order valence-corrected chi connectivity index (χ2v) is 12.6. The topological polar surface area (TPSA) is 47.9 Å². The van der Waals surface area contributed by atoms with Crippen molar-refractivity contribution in [1.82, 2.24) is 0 Å². The fraction of sp³-hybridized carbons (Fsp3) is 0.579. The molecular formula is C19H30O4Si. The van der Waals surface area contributed by atoms with Gasteiger partial charge in [0.15, 0.2) is 8.32 Å². The summed E-state index contributed by atoms with van der Waals surface area (Å²) in [7, 11) is -0.214. The molecule has 5 heteroatoms. The molecule has 0 aliphatic carbocycles. The first kappa shape index (κ1) is 19.2. The second-order valence-electron chi connectivity index (χ2n) is 7.82. The normalized spacial score (nSPS) is 24.9.